The quantitative estimate of drug-likeness (QED) is 0.797. The number of piperidine rings is 1. The second-order valence-corrected chi connectivity index (χ2v) is 6.74. The van der Waals surface area contributed by atoms with Crippen LogP contribution in [0.5, 0.6) is 0 Å². The van der Waals surface area contributed by atoms with Gasteiger partial charge in [0.15, 0.2) is 0 Å². The summed E-state index contributed by atoms with van der Waals surface area (Å²) in [4.78, 5) is 18.4. The van der Waals surface area contributed by atoms with Crippen LogP contribution in [0.15, 0.2) is 48.8 Å². The molecule has 1 aromatic heterocycles. The number of rotatable bonds is 4. The van der Waals surface area contributed by atoms with Gasteiger partial charge in [0.2, 0.25) is 0 Å². The van der Waals surface area contributed by atoms with Gasteiger partial charge in [0.05, 0.1) is 11.1 Å². The Morgan fingerprint density at radius 2 is 2.08 bits per heavy atom. The first-order valence-corrected chi connectivity index (χ1v) is 8.79. The van der Waals surface area contributed by atoms with Crippen LogP contribution in [0.3, 0.4) is 0 Å². The smallest absolute Gasteiger partial charge is 0.338 e. The molecule has 1 aromatic carbocycles. The van der Waals surface area contributed by atoms with E-state index in [4.69, 9.17) is 0 Å². The molecule has 0 bridgehead atoms. The molecule has 0 spiro atoms. The zero-order chi connectivity index (χ0) is 18.6. The van der Waals surface area contributed by atoms with Gasteiger partial charge in [-0.15, -0.1) is 0 Å². The van der Waals surface area contributed by atoms with E-state index >= 15 is 0 Å². The van der Waals surface area contributed by atoms with Gasteiger partial charge in [-0.25, -0.2) is 0 Å². The number of benzene rings is 1. The molecule has 1 aliphatic rings. The van der Waals surface area contributed by atoms with Crippen molar-refractivity contribution < 1.29 is 18.0 Å². The third-order valence-electron chi connectivity index (χ3n) is 4.81. The van der Waals surface area contributed by atoms with E-state index in [0.717, 1.165) is 25.3 Å². The van der Waals surface area contributed by atoms with Crippen molar-refractivity contribution in [3.63, 3.8) is 0 Å². The van der Waals surface area contributed by atoms with Gasteiger partial charge in [-0.05, 0) is 55.4 Å². The molecule has 6 heteroatoms. The van der Waals surface area contributed by atoms with Gasteiger partial charge in [0.1, 0.15) is 0 Å². The van der Waals surface area contributed by atoms with Crippen molar-refractivity contribution in [2.45, 2.75) is 31.9 Å². The van der Waals surface area contributed by atoms with Crippen LogP contribution in [-0.4, -0.2) is 28.9 Å². The van der Waals surface area contributed by atoms with Gasteiger partial charge in [0.25, 0.3) is 5.91 Å². The van der Waals surface area contributed by atoms with Crippen molar-refractivity contribution >= 4 is 5.91 Å². The number of hydrogen-bond acceptors (Lipinski definition) is 2. The van der Waals surface area contributed by atoms with Crippen molar-refractivity contribution in [3.8, 4) is 0 Å². The Hall–Kier alpha value is -2.37. The minimum atomic E-state index is -4.31. The lowest BCUT2D eigenvalue weighted by atomic mass is 9.91. The summed E-state index contributed by atoms with van der Waals surface area (Å²) in [6.07, 6.45) is 2.16. The second kappa shape index (κ2) is 7.89. The highest BCUT2D eigenvalue weighted by molar-refractivity contribution is 5.93. The van der Waals surface area contributed by atoms with Crippen molar-refractivity contribution in [2.24, 2.45) is 5.92 Å². The van der Waals surface area contributed by atoms with Crippen LogP contribution in [0.4, 0.5) is 13.2 Å². The fraction of sp³-hybridized carbons (Fsp3) is 0.400. The lowest BCUT2D eigenvalue weighted by molar-refractivity contribution is -0.137. The minimum absolute atomic E-state index is 0.0260. The van der Waals surface area contributed by atoms with Crippen LogP contribution < -0.4 is 0 Å². The maximum Gasteiger partial charge on any atom is 0.416 e. The molecule has 1 atom stereocenters. The highest BCUT2D eigenvalue weighted by Crippen LogP contribution is 2.30. The van der Waals surface area contributed by atoms with E-state index in [1.165, 1.54) is 12.1 Å². The summed E-state index contributed by atoms with van der Waals surface area (Å²) in [6.45, 7) is 1.36. The number of alkyl halides is 3. The van der Waals surface area contributed by atoms with Gasteiger partial charge in [-0.2, -0.15) is 13.2 Å². The Morgan fingerprint density at radius 1 is 1.23 bits per heavy atom. The highest BCUT2D eigenvalue weighted by atomic mass is 19.4. The monoisotopic (exact) mass is 362 g/mol. The molecule has 0 unspecified atom stereocenters. The molecule has 1 amide bonds. The third kappa shape index (κ3) is 4.62. The first-order valence-electron chi connectivity index (χ1n) is 8.79. The third-order valence-corrected chi connectivity index (χ3v) is 4.81. The van der Waals surface area contributed by atoms with Gasteiger partial charge in [0, 0.05) is 25.5 Å². The average Bonchev–Trinajstić information content (AvgIpc) is 2.66. The number of aryl methyl sites for hydroxylation is 1. The van der Waals surface area contributed by atoms with Crippen LogP contribution in [0, 0.1) is 5.92 Å². The summed E-state index contributed by atoms with van der Waals surface area (Å²) >= 11 is 0. The largest absolute Gasteiger partial charge is 0.416 e. The number of carbonyl (C=O) groups excluding carboxylic acids is 1. The van der Waals surface area contributed by atoms with E-state index < -0.39 is 11.7 Å². The summed E-state index contributed by atoms with van der Waals surface area (Å²) < 4.78 is 38.4. The fourth-order valence-electron chi connectivity index (χ4n) is 3.43. The number of hydrogen-bond donors (Lipinski definition) is 0. The van der Waals surface area contributed by atoms with Crippen LogP contribution in [-0.2, 0) is 12.6 Å². The topological polar surface area (TPSA) is 33.2 Å². The zero-order valence-corrected chi connectivity index (χ0v) is 14.4. The molecule has 3 rings (SSSR count). The van der Waals surface area contributed by atoms with E-state index in [1.807, 2.05) is 4.90 Å². The van der Waals surface area contributed by atoms with Crippen LogP contribution in [0.25, 0.3) is 0 Å². The molecule has 1 fully saturated rings. The number of carbonyl (C=O) groups is 1. The van der Waals surface area contributed by atoms with E-state index in [0.29, 0.717) is 36.6 Å². The summed E-state index contributed by atoms with van der Waals surface area (Å²) in [6, 6.07) is 9.00. The van der Waals surface area contributed by atoms with E-state index in [9.17, 15) is 18.0 Å². The molecular weight excluding hydrogens is 341 g/mol. The molecule has 138 valence electrons. The lowest BCUT2D eigenvalue weighted by Crippen LogP contribution is -2.40. The van der Waals surface area contributed by atoms with Gasteiger partial charge in [-0.3, -0.25) is 9.78 Å². The van der Waals surface area contributed by atoms with Gasteiger partial charge < -0.3 is 4.90 Å². The number of amides is 1. The number of likely N-dealkylation sites (tertiary alicyclic amines) is 1. The number of aromatic nitrogens is 1. The Morgan fingerprint density at radius 3 is 2.81 bits per heavy atom. The Bertz CT molecular complexity index is 746. The van der Waals surface area contributed by atoms with Crippen LogP contribution in [0.2, 0.25) is 0 Å². The Labute approximate surface area is 150 Å². The predicted molar refractivity (Wildman–Crippen MR) is 92.6 cm³/mol. The molecular formula is C20H21F3N2O. The molecule has 2 aromatic rings. The molecule has 26 heavy (non-hydrogen) atoms. The summed E-state index contributed by atoms with van der Waals surface area (Å²) in [5.74, 6) is 0.279. The molecule has 1 saturated heterocycles. The zero-order valence-electron chi connectivity index (χ0n) is 14.4. The lowest BCUT2D eigenvalue weighted by Gasteiger charge is -2.33. The molecule has 0 saturated carbocycles. The Balaban J connectivity index is 1.58. The van der Waals surface area contributed by atoms with E-state index in [2.05, 4.69) is 4.98 Å². The highest BCUT2D eigenvalue weighted by Gasteiger charge is 2.30. The Kier molecular flexibility index (Phi) is 5.59. The second-order valence-electron chi connectivity index (χ2n) is 6.74. The van der Waals surface area contributed by atoms with Crippen molar-refractivity contribution in [1.82, 2.24) is 9.88 Å². The van der Waals surface area contributed by atoms with Crippen LogP contribution in [0.1, 0.15) is 40.7 Å². The van der Waals surface area contributed by atoms with Gasteiger partial charge in [-0.1, -0.05) is 18.2 Å². The van der Waals surface area contributed by atoms with Crippen molar-refractivity contribution in [1.29, 1.82) is 0 Å². The summed E-state index contributed by atoms with van der Waals surface area (Å²) in [5.41, 5.74) is 0.661. The molecule has 0 aliphatic carbocycles. The number of halogens is 3. The van der Waals surface area contributed by atoms with Crippen molar-refractivity contribution in [3.05, 3.63) is 65.5 Å². The first kappa shape index (κ1) is 18.4. The van der Waals surface area contributed by atoms with E-state index in [-0.39, 0.29) is 5.91 Å². The maximum atomic E-state index is 12.8. The van der Waals surface area contributed by atoms with E-state index in [1.54, 1.807) is 30.6 Å². The summed E-state index contributed by atoms with van der Waals surface area (Å²) in [5, 5.41) is 0. The average molecular weight is 362 g/mol. The van der Waals surface area contributed by atoms with Gasteiger partial charge >= 0.3 is 6.18 Å². The number of pyridine rings is 1. The number of nitrogens with zero attached hydrogens (tertiary/aromatic N) is 2. The molecule has 2 heterocycles. The fourth-order valence-corrected chi connectivity index (χ4v) is 3.43. The first-order chi connectivity index (χ1) is 12.4. The minimum Gasteiger partial charge on any atom is -0.338 e. The van der Waals surface area contributed by atoms with Crippen LogP contribution >= 0.6 is 0 Å². The SMILES string of the molecule is O=C(c1cccnc1)N1CCC[C@@H](CCc2cccc(C(F)(F)F)c2)C1. The molecule has 0 radical (unpaired) electrons. The maximum absolute atomic E-state index is 12.8. The predicted octanol–water partition coefficient (Wildman–Crippen LogP) is 4.59. The summed E-state index contributed by atoms with van der Waals surface area (Å²) in [7, 11) is 0. The standard InChI is InChI=1S/C20H21F3N2O/c21-20(22,23)18-7-1-4-15(12-18)8-9-16-5-3-11-25(14-16)19(26)17-6-2-10-24-13-17/h1-2,4,6-7,10,12-13,16H,3,5,8-9,11,14H2/t16-/m0/s1. The molecule has 1 aliphatic heterocycles. The molecule has 3 nitrogen and oxygen atoms in total. The van der Waals surface area contributed by atoms with Crippen molar-refractivity contribution in [2.75, 3.05) is 13.1 Å². The normalized spacial score (nSPS) is 18.0. The molecule has 0 N–H and O–H groups in total.